The van der Waals surface area contributed by atoms with Crippen molar-refractivity contribution in [3.05, 3.63) is 35.6 Å². The first-order valence-corrected chi connectivity index (χ1v) is 5.46. The number of halogens is 1. The van der Waals surface area contributed by atoms with Crippen molar-refractivity contribution in [2.24, 2.45) is 0 Å². The number of hydrogen-bond donors (Lipinski definition) is 2. The van der Waals surface area contributed by atoms with E-state index in [0.29, 0.717) is 0 Å². The summed E-state index contributed by atoms with van der Waals surface area (Å²) in [6.45, 7) is -0.0493. The smallest absolute Gasteiger partial charge is 0.326 e. The molecule has 1 amide bonds. The Balaban J connectivity index is 2.25. The van der Waals surface area contributed by atoms with Gasteiger partial charge < -0.3 is 15.1 Å². The predicted octanol–water partition coefficient (Wildman–Crippen LogP) is 0.486. The first kappa shape index (κ1) is 12.5. The fourth-order valence-electron chi connectivity index (χ4n) is 2.06. The van der Waals surface area contributed by atoms with Crippen LogP contribution in [-0.2, 0) is 4.79 Å². The van der Waals surface area contributed by atoms with Crippen LogP contribution in [0.3, 0.4) is 0 Å². The number of aliphatic hydroxyl groups excluding tert-OH is 1. The first-order valence-electron chi connectivity index (χ1n) is 5.46. The number of aliphatic carboxylic acids is 1. The number of amides is 1. The van der Waals surface area contributed by atoms with Crippen molar-refractivity contribution in [3.63, 3.8) is 0 Å². The summed E-state index contributed by atoms with van der Waals surface area (Å²) in [6.07, 6.45) is -0.861. The maximum absolute atomic E-state index is 13.0. The average molecular weight is 253 g/mol. The lowest BCUT2D eigenvalue weighted by molar-refractivity contribution is -0.141. The van der Waals surface area contributed by atoms with E-state index in [2.05, 4.69) is 0 Å². The van der Waals surface area contributed by atoms with Gasteiger partial charge in [-0.2, -0.15) is 0 Å². The van der Waals surface area contributed by atoms with Gasteiger partial charge in [-0.3, -0.25) is 4.79 Å². The maximum atomic E-state index is 13.0. The zero-order valence-electron chi connectivity index (χ0n) is 9.41. The predicted molar refractivity (Wildman–Crippen MR) is 59.5 cm³/mol. The molecule has 0 bridgehead atoms. The second kappa shape index (κ2) is 4.73. The Bertz CT molecular complexity index is 491. The number of hydrogen-bond acceptors (Lipinski definition) is 3. The highest BCUT2D eigenvalue weighted by Gasteiger charge is 2.39. The van der Waals surface area contributed by atoms with Crippen molar-refractivity contribution in [2.45, 2.75) is 18.6 Å². The minimum absolute atomic E-state index is 0.00358. The molecule has 96 valence electrons. The molecular formula is C12H12FNO4. The number of benzene rings is 1. The zero-order chi connectivity index (χ0) is 13.3. The van der Waals surface area contributed by atoms with Crippen LogP contribution in [0.2, 0.25) is 0 Å². The summed E-state index contributed by atoms with van der Waals surface area (Å²) in [6, 6.07) is 3.98. The van der Waals surface area contributed by atoms with Gasteiger partial charge in [0.05, 0.1) is 6.10 Å². The largest absolute Gasteiger partial charge is 0.480 e. The van der Waals surface area contributed by atoms with Gasteiger partial charge in [0.2, 0.25) is 0 Å². The first-order chi connectivity index (χ1) is 8.49. The van der Waals surface area contributed by atoms with E-state index in [9.17, 15) is 19.1 Å². The molecule has 1 saturated heterocycles. The number of carboxylic acid groups (broad SMARTS) is 1. The molecule has 0 spiro atoms. The third kappa shape index (κ3) is 2.33. The summed E-state index contributed by atoms with van der Waals surface area (Å²) in [7, 11) is 0. The van der Waals surface area contributed by atoms with Gasteiger partial charge in [-0.1, -0.05) is 6.07 Å². The van der Waals surface area contributed by atoms with Crippen molar-refractivity contribution in [2.75, 3.05) is 6.54 Å². The lowest BCUT2D eigenvalue weighted by Gasteiger charge is -2.21. The number of carbonyl (C=O) groups is 2. The van der Waals surface area contributed by atoms with Gasteiger partial charge >= 0.3 is 5.97 Å². The fourth-order valence-corrected chi connectivity index (χ4v) is 2.06. The van der Waals surface area contributed by atoms with E-state index in [4.69, 9.17) is 5.11 Å². The number of rotatable bonds is 2. The van der Waals surface area contributed by atoms with Crippen molar-refractivity contribution < 1.29 is 24.2 Å². The Morgan fingerprint density at radius 1 is 1.39 bits per heavy atom. The van der Waals surface area contributed by atoms with Crippen LogP contribution in [0.15, 0.2) is 24.3 Å². The monoisotopic (exact) mass is 253 g/mol. The van der Waals surface area contributed by atoms with Crippen molar-refractivity contribution in [1.29, 1.82) is 0 Å². The van der Waals surface area contributed by atoms with Crippen LogP contribution in [0.4, 0.5) is 4.39 Å². The summed E-state index contributed by atoms with van der Waals surface area (Å²) in [4.78, 5) is 24.1. The van der Waals surface area contributed by atoms with Crippen molar-refractivity contribution in [3.8, 4) is 0 Å². The van der Waals surface area contributed by atoms with Crippen LogP contribution in [0, 0.1) is 5.82 Å². The van der Waals surface area contributed by atoms with E-state index < -0.39 is 29.8 Å². The normalized spacial score (nSPS) is 23.1. The molecule has 1 heterocycles. The molecule has 6 heteroatoms. The third-order valence-electron chi connectivity index (χ3n) is 2.90. The molecule has 1 aliphatic rings. The summed E-state index contributed by atoms with van der Waals surface area (Å²) >= 11 is 0. The summed E-state index contributed by atoms with van der Waals surface area (Å²) in [5.41, 5.74) is 0.0790. The summed E-state index contributed by atoms with van der Waals surface area (Å²) in [5.74, 6) is -2.32. The highest BCUT2D eigenvalue weighted by atomic mass is 19.1. The number of nitrogens with zero attached hydrogens (tertiary/aromatic N) is 1. The fraction of sp³-hybridized carbons (Fsp3) is 0.333. The van der Waals surface area contributed by atoms with E-state index in [1.165, 1.54) is 18.2 Å². The summed E-state index contributed by atoms with van der Waals surface area (Å²) < 4.78 is 13.0. The van der Waals surface area contributed by atoms with Crippen molar-refractivity contribution >= 4 is 11.9 Å². The van der Waals surface area contributed by atoms with E-state index in [0.717, 1.165) is 11.0 Å². The molecule has 1 aromatic rings. The lowest BCUT2D eigenvalue weighted by atomic mass is 10.1. The molecule has 0 radical (unpaired) electrons. The van der Waals surface area contributed by atoms with E-state index in [-0.39, 0.29) is 18.5 Å². The maximum Gasteiger partial charge on any atom is 0.326 e. The number of aliphatic hydroxyl groups is 1. The van der Waals surface area contributed by atoms with Crippen molar-refractivity contribution in [1.82, 2.24) is 4.90 Å². The summed E-state index contributed by atoms with van der Waals surface area (Å²) in [5, 5.41) is 18.4. The highest BCUT2D eigenvalue weighted by Crippen LogP contribution is 2.21. The van der Waals surface area contributed by atoms with Crippen LogP contribution in [0.5, 0.6) is 0 Å². The molecule has 1 aliphatic heterocycles. The molecular weight excluding hydrogens is 241 g/mol. The molecule has 18 heavy (non-hydrogen) atoms. The van der Waals surface area contributed by atoms with E-state index in [1.54, 1.807) is 0 Å². The van der Waals surface area contributed by atoms with Crippen LogP contribution >= 0.6 is 0 Å². The highest BCUT2D eigenvalue weighted by molar-refractivity contribution is 5.97. The molecule has 2 rings (SSSR count). The Hall–Kier alpha value is -1.95. The molecule has 0 unspecified atom stereocenters. The van der Waals surface area contributed by atoms with Gasteiger partial charge in [-0.15, -0.1) is 0 Å². The number of likely N-dealkylation sites (tertiary alicyclic amines) is 1. The van der Waals surface area contributed by atoms with Crippen LogP contribution in [0.1, 0.15) is 16.8 Å². The van der Waals surface area contributed by atoms with Gasteiger partial charge in [-0.05, 0) is 18.2 Å². The molecule has 1 aromatic carbocycles. The van der Waals surface area contributed by atoms with Gasteiger partial charge in [0.15, 0.2) is 0 Å². The molecule has 0 saturated carbocycles. The quantitative estimate of drug-likeness (QED) is 0.804. The number of carbonyl (C=O) groups excluding carboxylic acids is 1. The van der Waals surface area contributed by atoms with E-state index >= 15 is 0 Å². The SMILES string of the molecule is O=C(O)[C@@H]1C[C@H](O)CN1C(=O)c1cccc(F)c1. The molecule has 2 N–H and O–H groups in total. The third-order valence-corrected chi connectivity index (χ3v) is 2.90. The van der Waals surface area contributed by atoms with Gasteiger partial charge in [0.1, 0.15) is 11.9 Å². The van der Waals surface area contributed by atoms with E-state index in [1.807, 2.05) is 0 Å². The molecule has 2 atom stereocenters. The number of β-amino-alcohol motifs (C(OH)–C–C–N with tert-alkyl or cyclic N) is 1. The Kier molecular flexibility index (Phi) is 3.29. The Morgan fingerprint density at radius 3 is 2.72 bits per heavy atom. The average Bonchev–Trinajstić information content (AvgIpc) is 2.70. The topological polar surface area (TPSA) is 77.8 Å². The number of carboxylic acids is 1. The zero-order valence-corrected chi connectivity index (χ0v) is 9.41. The molecule has 1 fully saturated rings. The van der Waals surface area contributed by atoms with Gasteiger partial charge in [0.25, 0.3) is 5.91 Å². The second-order valence-electron chi connectivity index (χ2n) is 4.21. The minimum atomic E-state index is -1.17. The van der Waals surface area contributed by atoms with Gasteiger partial charge in [0, 0.05) is 18.5 Å². The molecule has 0 aromatic heterocycles. The van der Waals surface area contributed by atoms with Crippen LogP contribution < -0.4 is 0 Å². The molecule has 5 nitrogen and oxygen atoms in total. The van der Waals surface area contributed by atoms with Crippen LogP contribution in [-0.4, -0.2) is 45.7 Å². The van der Waals surface area contributed by atoms with Gasteiger partial charge in [-0.25, -0.2) is 9.18 Å². The Morgan fingerprint density at radius 2 is 2.11 bits per heavy atom. The Labute approximate surface area is 102 Å². The van der Waals surface area contributed by atoms with Crippen LogP contribution in [0.25, 0.3) is 0 Å². The second-order valence-corrected chi connectivity index (χ2v) is 4.21. The lowest BCUT2D eigenvalue weighted by Crippen LogP contribution is -2.40. The minimum Gasteiger partial charge on any atom is -0.480 e. The molecule has 0 aliphatic carbocycles. The standard InChI is InChI=1S/C12H12FNO4/c13-8-3-1-2-7(4-8)11(16)14-6-9(15)5-10(14)12(17)18/h1-4,9-10,15H,5-6H2,(H,17,18)/t9-,10-/m0/s1.